The van der Waals surface area contributed by atoms with Crippen molar-refractivity contribution in [2.75, 3.05) is 32.7 Å². The van der Waals surface area contributed by atoms with Crippen LogP contribution in [0.2, 0.25) is 0 Å². The molecule has 8 heteroatoms. The van der Waals surface area contributed by atoms with Crippen LogP contribution in [-0.4, -0.2) is 61.2 Å². The first-order valence-corrected chi connectivity index (χ1v) is 15.2. The van der Waals surface area contributed by atoms with Gasteiger partial charge >= 0.3 is 0 Å². The Bertz CT molecular complexity index is 1520. The Kier molecular flexibility index (Phi) is 8.93. The van der Waals surface area contributed by atoms with E-state index in [9.17, 15) is 17.6 Å². The number of nitrogens with zero attached hydrogens (tertiary/aromatic N) is 3. The predicted molar refractivity (Wildman–Crippen MR) is 158 cm³/mol. The number of aryl methyl sites for hydroxylation is 1. The highest BCUT2D eigenvalue weighted by atomic mass is 32.2. The molecule has 1 aliphatic heterocycles. The number of sulfonamides is 1. The van der Waals surface area contributed by atoms with Crippen LogP contribution in [-0.2, 0) is 21.4 Å². The molecule has 1 fully saturated rings. The zero-order valence-electron chi connectivity index (χ0n) is 23.1. The van der Waals surface area contributed by atoms with Gasteiger partial charge in [-0.15, -0.1) is 0 Å². The molecule has 4 aromatic rings. The van der Waals surface area contributed by atoms with Crippen LogP contribution in [0.15, 0.2) is 114 Å². The van der Waals surface area contributed by atoms with Crippen LogP contribution >= 0.6 is 0 Å². The van der Waals surface area contributed by atoms with E-state index >= 15 is 0 Å². The van der Waals surface area contributed by atoms with E-state index in [1.165, 1.54) is 29.3 Å². The van der Waals surface area contributed by atoms with Crippen LogP contribution < -0.4 is 0 Å². The molecule has 0 unspecified atom stereocenters. The normalized spacial score (nSPS) is 14.5. The monoisotopic (exact) mass is 571 g/mol. The molecule has 0 aliphatic carbocycles. The quantitative estimate of drug-likeness (QED) is 0.275. The molecule has 0 saturated carbocycles. The predicted octanol–water partition coefficient (Wildman–Crippen LogP) is 5.26. The van der Waals surface area contributed by atoms with Crippen LogP contribution in [0.5, 0.6) is 0 Å². The average molecular weight is 572 g/mol. The number of carbonyl (C=O) groups is 1. The fraction of sp³-hybridized carbons (Fsp3) is 0.242. The highest BCUT2D eigenvalue weighted by Gasteiger charge is 2.32. The first-order valence-electron chi connectivity index (χ1n) is 13.7. The van der Waals surface area contributed by atoms with Crippen molar-refractivity contribution in [3.8, 4) is 0 Å². The first kappa shape index (κ1) is 28.7. The van der Waals surface area contributed by atoms with Crippen molar-refractivity contribution in [3.05, 3.63) is 137 Å². The second-order valence-corrected chi connectivity index (χ2v) is 12.3. The maximum Gasteiger partial charge on any atom is 0.243 e. The minimum Gasteiger partial charge on any atom is -0.339 e. The van der Waals surface area contributed by atoms with Gasteiger partial charge in [-0.2, -0.15) is 4.31 Å². The first-order chi connectivity index (χ1) is 19.8. The fourth-order valence-electron chi connectivity index (χ4n) is 5.27. The van der Waals surface area contributed by atoms with Gasteiger partial charge in [-0.05, 0) is 36.2 Å². The summed E-state index contributed by atoms with van der Waals surface area (Å²) < 4.78 is 43.0. The lowest BCUT2D eigenvalue weighted by Crippen LogP contribution is -2.52. The van der Waals surface area contributed by atoms with Gasteiger partial charge in [0.15, 0.2) is 0 Å². The van der Waals surface area contributed by atoms with E-state index < -0.39 is 15.8 Å². The fourth-order valence-corrected chi connectivity index (χ4v) is 6.63. The van der Waals surface area contributed by atoms with Gasteiger partial charge in [0, 0.05) is 38.3 Å². The number of amides is 1. The Morgan fingerprint density at radius 2 is 1.32 bits per heavy atom. The summed E-state index contributed by atoms with van der Waals surface area (Å²) in [5.41, 5.74) is 3.50. The van der Waals surface area contributed by atoms with E-state index in [-0.39, 0.29) is 35.5 Å². The molecule has 212 valence electrons. The van der Waals surface area contributed by atoms with E-state index in [1.54, 1.807) is 35.2 Å². The highest BCUT2D eigenvalue weighted by molar-refractivity contribution is 7.89. The van der Waals surface area contributed by atoms with Crippen molar-refractivity contribution in [2.24, 2.45) is 0 Å². The summed E-state index contributed by atoms with van der Waals surface area (Å²) in [7, 11) is -4.05. The minimum atomic E-state index is -4.05. The van der Waals surface area contributed by atoms with Crippen molar-refractivity contribution >= 4 is 15.9 Å². The lowest BCUT2D eigenvalue weighted by molar-refractivity contribution is -0.133. The summed E-state index contributed by atoms with van der Waals surface area (Å²) in [6, 6.07) is 33.2. The van der Waals surface area contributed by atoms with Crippen molar-refractivity contribution in [1.29, 1.82) is 0 Å². The topological polar surface area (TPSA) is 60.9 Å². The van der Waals surface area contributed by atoms with E-state index in [4.69, 9.17) is 0 Å². The lowest BCUT2D eigenvalue weighted by Gasteiger charge is -2.40. The number of rotatable bonds is 9. The molecule has 0 radical (unpaired) electrons. The summed E-state index contributed by atoms with van der Waals surface area (Å²) in [5, 5.41) is 0. The molecule has 0 aromatic heterocycles. The van der Waals surface area contributed by atoms with Gasteiger partial charge in [0.05, 0.1) is 17.5 Å². The highest BCUT2D eigenvalue weighted by Crippen LogP contribution is 2.29. The van der Waals surface area contributed by atoms with Gasteiger partial charge in [0.1, 0.15) is 5.82 Å². The third-order valence-electron chi connectivity index (χ3n) is 7.54. The van der Waals surface area contributed by atoms with Gasteiger partial charge in [-0.3, -0.25) is 9.69 Å². The summed E-state index contributed by atoms with van der Waals surface area (Å²) in [5.74, 6) is -0.807. The van der Waals surface area contributed by atoms with Gasteiger partial charge < -0.3 is 4.90 Å². The van der Waals surface area contributed by atoms with Gasteiger partial charge in [0.25, 0.3) is 0 Å². The Morgan fingerprint density at radius 1 is 0.780 bits per heavy atom. The van der Waals surface area contributed by atoms with E-state index in [0.29, 0.717) is 26.2 Å². The third kappa shape index (κ3) is 6.73. The Morgan fingerprint density at radius 3 is 1.88 bits per heavy atom. The zero-order chi connectivity index (χ0) is 28.8. The summed E-state index contributed by atoms with van der Waals surface area (Å²) in [6.45, 7) is 3.47. The number of hydrogen-bond donors (Lipinski definition) is 0. The smallest absolute Gasteiger partial charge is 0.243 e. The Labute approximate surface area is 241 Å². The summed E-state index contributed by atoms with van der Waals surface area (Å²) in [4.78, 5) is 17.7. The molecule has 1 amide bonds. The molecule has 0 bridgehead atoms. The van der Waals surface area contributed by atoms with Crippen molar-refractivity contribution < 1.29 is 17.6 Å². The largest absolute Gasteiger partial charge is 0.339 e. The molecule has 41 heavy (non-hydrogen) atoms. The van der Waals surface area contributed by atoms with Crippen LogP contribution in [0.4, 0.5) is 4.39 Å². The summed E-state index contributed by atoms with van der Waals surface area (Å²) >= 11 is 0. The molecule has 6 nitrogen and oxygen atoms in total. The van der Waals surface area contributed by atoms with Crippen LogP contribution in [0, 0.1) is 12.7 Å². The molecule has 0 N–H and O–H groups in total. The van der Waals surface area contributed by atoms with Crippen LogP contribution in [0.3, 0.4) is 0 Å². The molecule has 1 saturated heterocycles. The van der Waals surface area contributed by atoms with E-state index in [2.05, 4.69) is 29.2 Å². The van der Waals surface area contributed by atoms with E-state index in [0.717, 1.165) is 9.87 Å². The SMILES string of the molecule is Cc1ccc(S(=O)(=O)N(CC(=O)N2CCN(C(c3ccccc3)c3ccccc3)CC2)Cc2ccccc2F)cc1. The molecule has 5 rings (SSSR count). The van der Waals surface area contributed by atoms with Gasteiger partial charge in [-0.25, -0.2) is 12.8 Å². The third-order valence-corrected chi connectivity index (χ3v) is 9.34. The number of hydrogen-bond acceptors (Lipinski definition) is 4. The standard InChI is InChI=1S/C33H34FN3O3S/c1-26-16-18-30(19-17-26)41(39,40)37(24-29-14-8-9-15-31(29)34)25-32(38)35-20-22-36(23-21-35)33(27-10-4-2-5-11-27)28-12-6-3-7-13-28/h2-19,33H,20-25H2,1H3. The van der Waals surface area contributed by atoms with Crippen LogP contribution in [0.25, 0.3) is 0 Å². The summed E-state index contributed by atoms with van der Waals surface area (Å²) in [6.07, 6.45) is 0. The zero-order valence-corrected chi connectivity index (χ0v) is 23.9. The van der Waals surface area contributed by atoms with Gasteiger partial charge in [-0.1, -0.05) is 96.6 Å². The lowest BCUT2D eigenvalue weighted by atomic mass is 9.96. The van der Waals surface area contributed by atoms with Crippen molar-refractivity contribution in [3.63, 3.8) is 0 Å². The molecule has 0 atom stereocenters. The second-order valence-electron chi connectivity index (χ2n) is 10.3. The second kappa shape index (κ2) is 12.8. The molecular weight excluding hydrogens is 537 g/mol. The van der Waals surface area contributed by atoms with Crippen LogP contribution in [0.1, 0.15) is 28.3 Å². The minimum absolute atomic E-state index is 0.0501. The average Bonchev–Trinajstić information content (AvgIpc) is 2.99. The number of carbonyl (C=O) groups excluding carboxylic acids is 1. The Hall–Kier alpha value is -3.85. The molecule has 4 aromatic carbocycles. The molecule has 1 aliphatic rings. The number of benzene rings is 4. The Balaban J connectivity index is 1.33. The maximum absolute atomic E-state index is 14.6. The van der Waals surface area contributed by atoms with Gasteiger partial charge in [0.2, 0.25) is 15.9 Å². The molecule has 0 spiro atoms. The van der Waals surface area contributed by atoms with Crippen molar-refractivity contribution in [1.82, 2.24) is 14.1 Å². The molecular formula is C33H34FN3O3S. The maximum atomic E-state index is 14.6. The van der Waals surface area contributed by atoms with E-state index in [1.807, 2.05) is 43.3 Å². The number of halogens is 1. The van der Waals surface area contributed by atoms with Crippen molar-refractivity contribution in [2.45, 2.75) is 24.4 Å². The molecule has 1 heterocycles. The number of piperazine rings is 1.